The molecule has 0 aromatic carbocycles. The zero-order valence-electron chi connectivity index (χ0n) is 12.9. The topological polar surface area (TPSA) is 25.2 Å². The predicted molar refractivity (Wildman–Crippen MR) is 86.3 cm³/mol. The summed E-state index contributed by atoms with van der Waals surface area (Å²) >= 11 is 2.02. The van der Waals surface area contributed by atoms with Crippen molar-refractivity contribution in [3.05, 3.63) is 23.5 Å². The minimum absolute atomic E-state index is 0.221. The van der Waals surface area contributed by atoms with Gasteiger partial charge in [-0.2, -0.15) is 11.8 Å². The summed E-state index contributed by atoms with van der Waals surface area (Å²) in [5.41, 5.74) is 2.82. The highest BCUT2D eigenvalue weighted by Gasteiger charge is 2.34. The van der Waals surface area contributed by atoms with E-state index in [-0.39, 0.29) is 11.5 Å². The Morgan fingerprint density at radius 1 is 1.25 bits per heavy atom. The van der Waals surface area contributed by atoms with Crippen LogP contribution < -0.4 is 0 Å². The van der Waals surface area contributed by atoms with Gasteiger partial charge in [-0.1, -0.05) is 13.8 Å². The van der Waals surface area contributed by atoms with E-state index in [1.54, 1.807) is 0 Å². The average Bonchev–Trinajstić information content (AvgIpc) is 2.81. The van der Waals surface area contributed by atoms with Gasteiger partial charge in [0.15, 0.2) is 0 Å². The molecule has 3 rings (SSSR count). The van der Waals surface area contributed by atoms with Gasteiger partial charge < -0.3 is 9.67 Å². The number of thioether (sulfide) groups is 1. The van der Waals surface area contributed by atoms with Crippen molar-refractivity contribution < 1.29 is 5.11 Å². The Balaban J connectivity index is 1.83. The van der Waals surface area contributed by atoms with Crippen LogP contribution in [0.1, 0.15) is 69.4 Å². The molecule has 0 amide bonds. The van der Waals surface area contributed by atoms with Gasteiger partial charge in [-0.15, -0.1) is 0 Å². The molecule has 2 nitrogen and oxygen atoms in total. The lowest BCUT2D eigenvalue weighted by molar-refractivity contribution is 0.0970. The molecule has 20 heavy (non-hydrogen) atoms. The van der Waals surface area contributed by atoms with Crippen LogP contribution >= 0.6 is 11.8 Å². The number of nitrogens with zero attached hydrogens (tertiary/aromatic N) is 1. The number of rotatable bonds is 2. The number of aliphatic hydroxyl groups excluding tert-OH is 1. The fraction of sp³-hybridized carbons (Fsp3) is 0.765. The van der Waals surface area contributed by atoms with Crippen molar-refractivity contribution in [2.75, 3.05) is 6.26 Å². The Labute approximate surface area is 127 Å². The van der Waals surface area contributed by atoms with Gasteiger partial charge in [0, 0.05) is 28.7 Å². The van der Waals surface area contributed by atoms with Crippen LogP contribution in [0.25, 0.3) is 0 Å². The molecular weight excluding hydrogens is 266 g/mol. The first-order valence-corrected chi connectivity index (χ1v) is 9.19. The average molecular weight is 293 g/mol. The first-order chi connectivity index (χ1) is 9.50. The van der Waals surface area contributed by atoms with E-state index in [0.29, 0.717) is 6.04 Å². The molecule has 1 atom stereocenters. The molecule has 2 aliphatic rings. The third-order valence-corrected chi connectivity index (χ3v) is 6.32. The number of aromatic nitrogens is 1. The Hall–Kier alpha value is -0.410. The van der Waals surface area contributed by atoms with Gasteiger partial charge in [-0.05, 0) is 56.3 Å². The molecule has 3 heteroatoms. The largest absolute Gasteiger partial charge is 0.388 e. The molecule has 1 saturated carbocycles. The molecule has 0 radical (unpaired) electrons. The predicted octanol–water partition coefficient (Wildman–Crippen LogP) is 4.34. The minimum Gasteiger partial charge on any atom is -0.388 e. The van der Waals surface area contributed by atoms with E-state index in [4.69, 9.17) is 0 Å². The number of hydrogen-bond donors (Lipinski definition) is 1. The molecule has 0 saturated heterocycles. The zero-order chi connectivity index (χ0) is 14.3. The third kappa shape index (κ3) is 2.67. The van der Waals surface area contributed by atoms with Gasteiger partial charge in [-0.25, -0.2) is 0 Å². The van der Waals surface area contributed by atoms with Gasteiger partial charge in [0.1, 0.15) is 0 Å². The van der Waals surface area contributed by atoms with E-state index in [9.17, 15) is 5.11 Å². The van der Waals surface area contributed by atoms with Crippen LogP contribution in [0.2, 0.25) is 0 Å². The molecule has 1 aromatic heterocycles. The molecule has 1 unspecified atom stereocenters. The van der Waals surface area contributed by atoms with Gasteiger partial charge in [0.05, 0.1) is 6.10 Å². The summed E-state index contributed by atoms with van der Waals surface area (Å²) in [6, 6.07) is 2.82. The van der Waals surface area contributed by atoms with Crippen LogP contribution in [-0.2, 0) is 6.42 Å². The highest BCUT2D eigenvalue weighted by Crippen LogP contribution is 2.43. The number of hydrogen-bond acceptors (Lipinski definition) is 2. The fourth-order valence-electron chi connectivity index (χ4n) is 4.05. The van der Waals surface area contributed by atoms with E-state index in [0.717, 1.165) is 18.1 Å². The first-order valence-electron chi connectivity index (χ1n) is 7.90. The van der Waals surface area contributed by atoms with Gasteiger partial charge >= 0.3 is 0 Å². The Kier molecular flexibility index (Phi) is 3.93. The molecule has 0 spiro atoms. The van der Waals surface area contributed by atoms with Crippen molar-refractivity contribution in [1.29, 1.82) is 0 Å². The summed E-state index contributed by atoms with van der Waals surface area (Å²) in [7, 11) is 0. The van der Waals surface area contributed by atoms with Gasteiger partial charge in [-0.3, -0.25) is 0 Å². The SMILES string of the molecule is CSC1CCC(n2ccc3c2CC(C)(C)CC3O)CC1. The van der Waals surface area contributed by atoms with Crippen LogP contribution in [0.5, 0.6) is 0 Å². The summed E-state index contributed by atoms with van der Waals surface area (Å²) in [6.45, 7) is 4.56. The number of fused-ring (bicyclic) bond motifs is 1. The van der Waals surface area contributed by atoms with Crippen LogP contribution in [0.4, 0.5) is 0 Å². The summed E-state index contributed by atoms with van der Waals surface area (Å²) in [5, 5.41) is 11.2. The second-order valence-electron chi connectivity index (χ2n) is 7.35. The van der Waals surface area contributed by atoms with E-state index in [1.165, 1.54) is 36.9 Å². The van der Waals surface area contributed by atoms with Crippen molar-refractivity contribution in [2.24, 2.45) is 5.41 Å². The van der Waals surface area contributed by atoms with Crippen LogP contribution in [0, 0.1) is 5.41 Å². The molecule has 1 N–H and O–H groups in total. The molecule has 1 aromatic rings. The summed E-state index contributed by atoms with van der Waals surface area (Å²) in [4.78, 5) is 0. The second kappa shape index (κ2) is 5.42. The molecular formula is C17H27NOS. The molecule has 112 valence electrons. The summed E-state index contributed by atoms with van der Waals surface area (Å²) in [6.07, 6.45) is 11.5. The molecule has 0 bridgehead atoms. The first kappa shape index (κ1) is 14.5. The van der Waals surface area contributed by atoms with E-state index < -0.39 is 0 Å². The van der Waals surface area contributed by atoms with Crippen molar-refractivity contribution in [2.45, 2.75) is 69.8 Å². The highest BCUT2D eigenvalue weighted by molar-refractivity contribution is 7.99. The summed E-state index contributed by atoms with van der Waals surface area (Å²) < 4.78 is 2.50. The fourth-order valence-corrected chi connectivity index (χ4v) is 4.80. The third-order valence-electron chi connectivity index (χ3n) is 5.18. The highest BCUT2D eigenvalue weighted by atomic mass is 32.2. The van der Waals surface area contributed by atoms with Crippen LogP contribution in [0.3, 0.4) is 0 Å². The van der Waals surface area contributed by atoms with Gasteiger partial charge in [0.2, 0.25) is 0 Å². The van der Waals surface area contributed by atoms with Crippen molar-refractivity contribution in [3.63, 3.8) is 0 Å². The Bertz CT molecular complexity index is 471. The second-order valence-corrected chi connectivity index (χ2v) is 8.49. The molecule has 1 heterocycles. The van der Waals surface area contributed by atoms with Gasteiger partial charge in [0.25, 0.3) is 0 Å². The standard InChI is InChI=1S/C17H27NOS/c1-17(2)10-15-14(16(19)11-17)8-9-18(15)12-4-6-13(20-3)7-5-12/h8-9,12-13,16,19H,4-7,10-11H2,1-3H3. The van der Waals surface area contributed by atoms with E-state index in [1.807, 2.05) is 11.8 Å². The Morgan fingerprint density at radius 3 is 2.60 bits per heavy atom. The maximum atomic E-state index is 10.4. The lowest BCUT2D eigenvalue weighted by atomic mass is 9.75. The van der Waals surface area contributed by atoms with E-state index >= 15 is 0 Å². The number of aliphatic hydroxyl groups is 1. The molecule has 1 fully saturated rings. The summed E-state index contributed by atoms with van der Waals surface area (Å²) in [5.74, 6) is 0. The maximum Gasteiger partial charge on any atom is 0.0812 e. The quantitative estimate of drug-likeness (QED) is 0.877. The minimum atomic E-state index is -0.266. The van der Waals surface area contributed by atoms with Crippen molar-refractivity contribution >= 4 is 11.8 Å². The lowest BCUT2D eigenvalue weighted by Gasteiger charge is -2.36. The van der Waals surface area contributed by atoms with E-state index in [2.05, 4.69) is 36.9 Å². The van der Waals surface area contributed by atoms with Crippen LogP contribution in [0.15, 0.2) is 12.3 Å². The van der Waals surface area contributed by atoms with Crippen molar-refractivity contribution in [3.8, 4) is 0 Å². The monoisotopic (exact) mass is 293 g/mol. The zero-order valence-corrected chi connectivity index (χ0v) is 13.7. The maximum absolute atomic E-state index is 10.4. The van der Waals surface area contributed by atoms with Crippen molar-refractivity contribution in [1.82, 2.24) is 4.57 Å². The Morgan fingerprint density at radius 2 is 1.95 bits per heavy atom. The lowest BCUT2D eigenvalue weighted by Crippen LogP contribution is -2.28. The molecule has 2 aliphatic carbocycles. The normalized spacial score (nSPS) is 32.9. The van der Waals surface area contributed by atoms with Crippen LogP contribution in [-0.4, -0.2) is 21.2 Å². The smallest absolute Gasteiger partial charge is 0.0812 e. The molecule has 0 aliphatic heterocycles.